The van der Waals surface area contributed by atoms with Gasteiger partial charge in [0.15, 0.2) is 0 Å². The molecule has 2 atom stereocenters. The Labute approximate surface area is 122 Å². The normalized spacial score (nSPS) is 23.4. The topological polar surface area (TPSA) is 49.4 Å². The Morgan fingerprint density at radius 2 is 1.90 bits per heavy atom. The van der Waals surface area contributed by atoms with Crippen LogP contribution in [0.5, 0.6) is 0 Å². The molecule has 2 unspecified atom stereocenters. The molecule has 4 nitrogen and oxygen atoms in total. The van der Waals surface area contributed by atoms with E-state index in [2.05, 4.69) is 17.2 Å². The Hall–Kier alpha value is -1.50. The third-order valence-electron chi connectivity index (χ3n) is 3.57. The molecule has 2 amide bonds. The van der Waals surface area contributed by atoms with Gasteiger partial charge in [0.2, 0.25) is 11.8 Å². The molecule has 0 saturated carbocycles. The smallest absolute Gasteiger partial charge is 0.246 e. The highest BCUT2D eigenvalue weighted by Gasteiger charge is 2.45. The van der Waals surface area contributed by atoms with Crippen molar-refractivity contribution in [3.8, 4) is 11.8 Å². The number of amides is 2. The van der Waals surface area contributed by atoms with E-state index < -0.39 is 6.04 Å². The highest BCUT2D eigenvalue weighted by molar-refractivity contribution is 5.97. The first-order valence-corrected chi connectivity index (χ1v) is 7.20. The largest absolute Gasteiger partial charge is 0.342 e. The summed E-state index contributed by atoms with van der Waals surface area (Å²) < 4.78 is 0. The summed E-state index contributed by atoms with van der Waals surface area (Å²) in [4.78, 5) is 26.7. The Balaban J connectivity index is 3.03. The van der Waals surface area contributed by atoms with Crippen LogP contribution in [0.4, 0.5) is 0 Å². The summed E-state index contributed by atoms with van der Waals surface area (Å²) in [6.07, 6.45) is 0.607. The van der Waals surface area contributed by atoms with Crippen molar-refractivity contribution < 1.29 is 9.59 Å². The molecular formula is C16H26N2O2. The molecule has 1 N–H and O–H groups in total. The van der Waals surface area contributed by atoms with E-state index in [0.717, 1.165) is 0 Å². The van der Waals surface area contributed by atoms with Crippen LogP contribution in [0.25, 0.3) is 0 Å². The quantitative estimate of drug-likeness (QED) is 0.800. The van der Waals surface area contributed by atoms with Crippen molar-refractivity contribution in [1.82, 2.24) is 10.2 Å². The molecule has 20 heavy (non-hydrogen) atoms. The van der Waals surface area contributed by atoms with E-state index in [1.807, 2.05) is 34.6 Å². The number of nitrogens with one attached hydrogen (secondary N) is 1. The van der Waals surface area contributed by atoms with Gasteiger partial charge in [0, 0.05) is 13.0 Å². The van der Waals surface area contributed by atoms with Crippen molar-refractivity contribution in [2.24, 2.45) is 11.3 Å². The summed E-state index contributed by atoms with van der Waals surface area (Å²) in [7, 11) is 0. The Morgan fingerprint density at radius 1 is 1.30 bits per heavy atom. The Kier molecular flexibility index (Phi) is 5.21. The molecule has 1 heterocycles. The van der Waals surface area contributed by atoms with Gasteiger partial charge < -0.3 is 10.2 Å². The zero-order valence-electron chi connectivity index (χ0n) is 13.4. The van der Waals surface area contributed by atoms with E-state index in [1.54, 1.807) is 11.8 Å². The summed E-state index contributed by atoms with van der Waals surface area (Å²) in [6, 6.07) is -0.848. The third kappa shape index (κ3) is 3.53. The maximum atomic E-state index is 12.7. The predicted molar refractivity (Wildman–Crippen MR) is 79.8 cm³/mol. The molecule has 0 aromatic carbocycles. The van der Waals surface area contributed by atoms with E-state index in [0.29, 0.717) is 13.0 Å². The first-order valence-electron chi connectivity index (χ1n) is 7.20. The fourth-order valence-electron chi connectivity index (χ4n) is 2.53. The molecule has 1 saturated heterocycles. The van der Waals surface area contributed by atoms with Gasteiger partial charge in [-0.25, -0.2) is 0 Å². The van der Waals surface area contributed by atoms with Gasteiger partial charge in [-0.1, -0.05) is 34.6 Å². The number of hydrogen-bond donors (Lipinski definition) is 1. The second kappa shape index (κ2) is 6.30. The molecule has 1 rings (SSSR count). The monoisotopic (exact) mass is 278 g/mol. The lowest BCUT2D eigenvalue weighted by molar-refractivity contribution is -0.154. The fourth-order valence-corrected chi connectivity index (χ4v) is 2.53. The van der Waals surface area contributed by atoms with Crippen molar-refractivity contribution in [3.05, 3.63) is 0 Å². The summed E-state index contributed by atoms with van der Waals surface area (Å²) in [5, 5.41) is 2.89. The zero-order chi connectivity index (χ0) is 15.5. The number of piperazine rings is 1. The minimum atomic E-state index is -0.459. The van der Waals surface area contributed by atoms with Crippen molar-refractivity contribution in [2.45, 2.75) is 60.0 Å². The van der Waals surface area contributed by atoms with Gasteiger partial charge in [-0.3, -0.25) is 9.59 Å². The Bertz CT molecular complexity index is 438. The van der Waals surface area contributed by atoms with E-state index in [4.69, 9.17) is 0 Å². The van der Waals surface area contributed by atoms with Crippen molar-refractivity contribution in [3.63, 3.8) is 0 Å². The predicted octanol–water partition coefficient (Wildman–Crippen LogP) is 1.80. The minimum absolute atomic E-state index is 0.00806. The van der Waals surface area contributed by atoms with Crippen LogP contribution in [-0.4, -0.2) is 35.3 Å². The molecule has 0 bridgehead atoms. The molecule has 1 fully saturated rings. The maximum Gasteiger partial charge on any atom is 0.246 e. The van der Waals surface area contributed by atoms with Crippen LogP contribution < -0.4 is 5.32 Å². The molecule has 0 aromatic rings. The van der Waals surface area contributed by atoms with Crippen molar-refractivity contribution in [2.75, 3.05) is 6.54 Å². The van der Waals surface area contributed by atoms with Crippen LogP contribution in [0.2, 0.25) is 0 Å². The van der Waals surface area contributed by atoms with Crippen LogP contribution in [0.1, 0.15) is 48.0 Å². The SMILES string of the molecule is CC#CCCN1C(=O)C(C(C)(C)C)NC(=O)C1C(C)C. The first-order chi connectivity index (χ1) is 9.20. The second-order valence-electron chi connectivity index (χ2n) is 6.70. The third-order valence-corrected chi connectivity index (χ3v) is 3.57. The summed E-state index contributed by atoms with van der Waals surface area (Å²) in [6.45, 7) is 12.1. The molecular weight excluding hydrogens is 252 g/mol. The van der Waals surface area contributed by atoms with Gasteiger partial charge in [-0.2, -0.15) is 0 Å². The average Bonchev–Trinajstić information content (AvgIpc) is 2.31. The molecule has 112 valence electrons. The molecule has 0 spiro atoms. The number of hydrogen-bond acceptors (Lipinski definition) is 2. The highest BCUT2D eigenvalue weighted by atomic mass is 16.2. The molecule has 0 aromatic heterocycles. The molecule has 0 aliphatic carbocycles. The van der Waals surface area contributed by atoms with Crippen LogP contribution in [0, 0.1) is 23.2 Å². The van der Waals surface area contributed by atoms with Gasteiger partial charge in [-0.05, 0) is 18.3 Å². The van der Waals surface area contributed by atoms with Crippen LogP contribution in [-0.2, 0) is 9.59 Å². The highest BCUT2D eigenvalue weighted by Crippen LogP contribution is 2.27. The lowest BCUT2D eigenvalue weighted by atomic mass is 9.82. The van der Waals surface area contributed by atoms with Crippen LogP contribution in [0.15, 0.2) is 0 Å². The lowest BCUT2D eigenvalue weighted by Gasteiger charge is -2.44. The van der Waals surface area contributed by atoms with Gasteiger partial charge in [0.1, 0.15) is 12.1 Å². The van der Waals surface area contributed by atoms with Crippen molar-refractivity contribution >= 4 is 11.8 Å². The molecule has 0 radical (unpaired) electrons. The lowest BCUT2D eigenvalue weighted by Crippen LogP contribution is -2.67. The van der Waals surface area contributed by atoms with E-state index >= 15 is 0 Å². The molecule has 4 heteroatoms. The number of carbonyl (C=O) groups excluding carboxylic acids is 2. The van der Waals surface area contributed by atoms with Crippen LogP contribution in [0.3, 0.4) is 0 Å². The number of carbonyl (C=O) groups is 2. The van der Waals surface area contributed by atoms with E-state index in [1.165, 1.54) is 0 Å². The average molecular weight is 278 g/mol. The van der Waals surface area contributed by atoms with Crippen LogP contribution >= 0.6 is 0 Å². The summed E-state index contributed by atoms with van der Waals surface area (Å²) in [5.41, 5.74) is -0.288. The first kappa shape index (κ1) is 16.6. The van der Waals surface area contributed by atoms with Gasteiger partial charge in [-0.15, -0.1) is 11.8 Å². The maximum absolute atomic E-state index is 12.7. The Morgan fingerprint density at radius 3 is 2.35 bits per heavy atom. The van der Waals surface area contributed by atoms with Gasteiger partial charge in [0.05, 0.1) is 0 Å². The standard InChI is InChI=1S/C16H26N2O2/c1-7-8-9-10-18-12(11(2)3)14(19)17-13(15(18)20)16(4,5)6/h11-13H,9-10H2,1-6H3,(H,17,19). The van der Waals surface area contributed by atoms with E-state index in [-0.39, 0.29) is 29.2 Å². The van der Waals surface area contributed by atoms with Crippen molar-refractivity contribution in [1.29, 1.82) is 0 Å². The summed E-state index contributed by atoms with van der Waals surface area (Å²) in [5.74, 6) is 5.85. The van der Waals surface area contributed by atoms with E-state index in [9.17, 15) is 9.59 Å². The zero-order valence-corrected chi connectivity index (χ0v) is 13.4. The van der Waals surface area contributed by atoms with Gasteiger partial charge >= 0.3 is 0 Å². The fraction of sp³-hybridized carbons (Fsp3) is 0.750. The minimum Gasteiger partial charge on any atom is -0.342 e. The van der Waals surface area contributed by atoms with Gasteiger partial charge in [0.25, 0.3) is 0 Å². The number of rotatable bonds is 3. The molecule has 1 aliphatic heterocycles. The molecule has 1 aliphatic rings. The second-order valence-corrected chi connectivity index (χ2v) is 6.70. The summed E-state index contributed by atoms with van der Waals surface area (Å²) >= 11 is 0. The number of nitrogens with zero attached hydrogens (tertiary/aromatic N) is 1.